The zero-order chi connectivity index (χ0) is 19.5. The number of carbonyl (C=O) groups is 1. The number of ether oxygens (including phenoxy) is 1. The monoisotopic (exact) mass is 496 g/mol. The molecule has 2 aromatic carbocycles. The number of methoxy groups -OCH3 is 1. The number of benzene rings is 2. The summed E-state index contributed by atoms with van der Waals surface area (Å²) in [5, 5.41) is 9.23. The molecule has 0 spiro atoms. The van der Waals surface area contributed by atoms with Gasteiger partial charge < -0.3 is 20.7 Å². The number of guanidine groups is 1. The number of hydrogen-bond acceptors (Lipinski definition) is 3. The van der Waals surface area contributed by atoms with Gasteiger partial charge >= 0.3 is 0 Å². The van der Waals surface area contributed by atoms with Gasteiger partial charge in [-0.25, -0.2) is 4.99 Å². The van der Waals surface area contributed by atoms with Gasteiger partial charge in [0, 0.05) is 25.7 Å². The number of nitrogens with one attached hydrogen (secondary N) is 3. The topological polar surface area (TPSA) is 74.8 Å². The van der Waals surface area contributed by atoms with Crippen LogP contribution >= 0.6 is 24.0 Å². The number of hydrogen-bond donors (Lipinski definition) is 3. The molecule has 2 aromatic rings. The molecule has 0 aliphatic heterocycles. The van der Waals surface area contributed by atoms with E-state index in [-0.39, 0.29) is 29.9 Å². The van der Waals surface area contributed by atoms with Crippen LogP contribution in [0, 0.1) is 0 Å². The van der Waals surface area contributed by atoms with Gasteiger partial charge in [-0.1, -0.05) is 24.3 Å². The maximum atomic E-state index is 11.7. The van der Waals surface area contributed by atoms with E-state index >= 15 is 0 Å². The zero-order valence-corrected chi connectivity index (χ0v) is 18.9. The minimum absolute atomic E-state index is 0. The molecule has 0 aliphatic carbocycles. The van der Waals surface area contributed by atoms with Crippen LogP contribution in [0.5, 0.6) is 5.75 Å². The van der Waals surface area contributed by atoms with Crippen LogP contribution in [-0.2, 0) is 13.0 Å². The third-order valence-corrected chi connectivity index (χ3v) is 4.05. The molecule has 0 unspecified atom stereocenters. The van der Waals surface area contributed by atoms with E-state index < -0.39 is 0 Å². The SMILES string of the molecule is CCNC(=NCc1cccc(C(=O)NC)c1)NCCc1ccc(OC)cc1.I. The normalized spacial score (nSPS) is 10.6. The first-order valence-corrected chi connectivity index (χ1v) is 9.12. The summed E-state index contributed by atoms with van der Waals surface area (Å²) in [6, 6.07) is 15.6. The van der Waals surface area contributed by atoms with Crippen molar-refractivity contribution in [2.24, 2.45) is 4.99 Å². The highest BCUT2D eigenvalue weighted by molar-refractivity contribution is 14.0. The lowest BCUT2D eigenvalue weighted by atomic mass is 10.1. The Morgan fingerprint density at radius 2 is 1.82 bits per heavy atom. The van der Waals surface area contributed by atoms with Crippen molar-refractivity contribution in [2.45, 2.75) is 19.9 Å². The number of halogens is 1. The first-order chi connectivity index (χ1) is 13.2. The fourth-order valence-corrected chi connectivity index (χ4v) is 2.58. The third kappa shape index (κ3) is 7.75. The summed E-state index contributed by atoms with van der Waals surface area (Å²) >= 11 is 0. The van der Waals surface area contributed by atoms with Gasteiger partial charge in [-0.3, -0.25) is 4.79 Å². The summed E-state index contributed by atoms with van der Waals surface area (Å²) in [7, 11) is 3.29. The third-order valence-electron chi connectivity index (χ3n) is 4.05. The van der Waals surface area contributed by atoms with Crippen molar-refractivity contribution in [3.05, 3.63) is 65.2 Å². The van der Waals surface area contributed by atoms with Gasteiger partial charge in [0.05, 0.1) is 13.7 Å². The predicted octanol–water partition coefficient (Wildman–Crippen LogP) is 2.97. The summed E-state index contributed by atoms with van der Waals surface area (Å²) in [5.41, 5.74) is 2.86. The molecule has 0 fully saturated rings. The van der Waals surface area contributed by atoms with Crippen LogP contribution in [-0.4, -0.2) is 39.1 Å². The number of carbonyl (C=O) groups excluding carboxylic acids is 1. The minimum Gasteiger partial charge on any atom is -0.497 e. The van der Waals surface area contributed by atoms with Gasteiger partial charge in [0.15, 0.2) is 5.96 Å². The Kier molecular flexibility index (Phi) is 11.0. The Morgan fingerprint density at radius 1 is 1.07 bits per heavy atom. The van der Waals surface area contributed by atoms with Crippen LogP contribution in [0.2, 0.25) is 0 Å². The maximum Gasteiger partial charge on any atom is 0.251 e. The molecule has 152 valence electrons. The smallest absolute Gasteiger partial charge is 0.251 e. The number of aliphatic imine (C=N–C) groups is 1. The van der Waals surface area contributed by atoms with Gasteiger partial charge in [-0.15, -0.1) is 24.0 Å². The molecular formula is C21H29IN4O2. The molecule has 0 bridgehead atoms. The maximum absolute atomic E-state index is 11.7. The average Bonchev–Trinajstić information content (AvgIpc) is 2.72. The Hall–Kier alpha value is -2.29. The van der Waals surface area contributed by atoms with Crippen LogP contribution in [0.3, 0.4) is 0 Å². The largest absolute Gasteiger partial charge is 0.497 e. The molecule has 7 heteroatoms. The Morgan fingerprint density at radius 3 is 2.46 bits per heavy atom. The highest BCUT2D eigenvalue weighted by atomic mass is 127. The zero-order valence-electron chi connectivity index (χ0n) is 16.6. The fourth-order valence-electron chi connectivity index (χ4n) is 2.58. The molecule has 1 amide bonds. The Bertz CT molecular complexity index is 763. The summed E-state index contributed by atoms with van der Waals surface area (Å²) < 4.78 is 5.18. The van der Waals surface area contributed by atoms with Crippen LogP contribution in [0.15, 0.2) is 53.5 Å². The Labute approximate surface area is 184 Å². The quantitative estimate of drug-likeness (QED) is 0.299. The molecule has 28 heavy (non-hydrogen) atoms. The molecule has 2 rings (SSSR count). The van der Waals surface area contributed by atoms with E-state index in [2.05, 4.69) is 33.1 Å². The van der Waals surface area contributed by atoms with Crippen molar-refractivity contribution in [1.82, 2.24) is 16.0 Å². The van der Waals surface area contributed by atoms with Gasteiger partial charge in [0.25, 0.3) is 5.91 Å². The van der Waals surface area contributed by atoms with Crippen LogP contribution < -0.4 is 20.7 Å². The highest BCUT2D eigenvalue weighted by Gasteiger charge is 2.04. The van der Waals surface area contributed by atoms with Crippen molar-refractivity contribution >= 4 is 35.8 Å². The van der Waals surface area contributed by atoms with Gasteiger partial charge in [-0.2, -0.15) is 0 Å². The summed E-state index contributed by atoms with van der Waals surface area (Å²) in [6.07, 6.45) is 0.889. The molecule has 0 aliphatic rings. The van der Waals surface area contributed by atoms with Crippen LogP contribution in [0.1, 0.15) is 28.4 Å². The second-order valence-electron chi connectivity index (χ2n) is 6.00. The molecule has 6 nitrogen and oxygen atoms in total. The fraction of sp³-hybridized carbons (Fsp3) is 0.333. The van der Waals surface area contributed by atoms with Crippen molar-refractivity contribution in [2.75, 3.05) is 27.2 Å². The van der Waals surface area contributed by atoms with Crippen molar-refractivity contribution in [3.63, 3.8) is 0 Å². The second kappa shape index (κ2) is 13.0. The molecule has 0 radical (unpaired) electrons. The average molecular weight is 496 g/mol. The van der Waals surface area contributed by atoms with E-state index in [1.807, 2.05) is 37.3 Å². The first-order valence-electron chi connectivity index (χ1n) is 9.12. The van der Waals surface area contributed by atoms with Gasteiger partial charge in [-0.05, 0) is 48.7 Å². The molecular weight excluding hydrogens is 467 g/mol. The number of amides is 1. The van der Waals surface area contributed by atoms with Gasteiger partial charge in [0.1, 0.15) is 5.75 Å². The van der Waals surface area contributed by atoms with Crippen LogP contribution in [0.4, 0.5) is 0 Å². The minimum atomic E-state index is -0.0923. The van der Waals surface area contributed by atoms with Crippen molar-refractivity contribution < 1.29 is 9.53 Å². The van der Waals surface area contributed by atoms with Crippen molar-refractivity contribution in [3.8, 4) is 5.75 Å². The number of nitrogens with zero attached hydrogens (tertiary/aromatic N) is 1. The van der Waals surface area contributed by atoms with Crippen LogP contribution in [0.25, 0.3) is 0 Å². The predicted molar refractivity (Wildman–Crippen MR) is 125 cm³/mol. The highest BCUT2D eigenvalue weighted by Crippen LogP contribution is 2.11. The lowest BCUT2D eigenvalue weighted by molar-refractivity contribution is 0.0963. The van der Waals surface area contributed by atoms with E-state index in [1.54, 1.807) is 20.2 Å². The molecule has 3 N–H and O–H groups in total. The lowest BCUT2D eigenvalue weighted by Gasteiger charge is -2.12. The molecule has 0 atom stereocenters. The van der Waals surface area contributed by atoms with E-state index in [0.717, 1.165) is 36.8 Å². The first kappa shape index (κ1) is 23.7. The van der Waals surface area contributed by atoms with E-state index in [0.29, 0.717) is 12.1 Å². The molecule has 0 saturated heterocycles. The number of rotatable bonds is 8. The van der Waals surface area contributed by atoms with Crippen molar-refractivity contribution in [1.29, 1.82) is 0 Å². The summed E-state index contributed by atoms with van der Waals surface area (Å²) in [6.45, 7) is 4.10. The summed E-state index contributed by atoms with van der Waals surface area (Å²) in [5.74, 6) is 1.53. The molecule has 0 saturated carbocycles. The molecule has 0 heterocycles. The lowest BCUT2D eigenvalue weighted by Crippen LogP contribution is -2.38. The summed E-state index contributed by atoms with van der Waals surface area (Å²) in [4.78, 5) is 16.4. The van der Waals surface area contributed by atoms with E-state index in [1.165, 1.54) is 5.56 Å². The second-order valence-corrected chi connectivity index (χ2v) is 6.00. The van der Waals surface area contributed by atoms with Gasteiger partial charge in [0.2, 0.25) is 0 Å². The standard InChI is InChI=1S/C21H28N4O2.HI/c1-4-23-21(24-13-12-16-8-10-19(27-3)11-9-16)25-15-17-6-5-7-18(14-17)20(26)22-2;/h5-11,14H,4,12-13,15H2,1-3H3,(H,22,26)(H2,23,24,25);1H. The van der Waals surface area contributed by atoms with E-state index in [4.69, 9.17) is 4.74 Å². The van der Waals surface area contributed by atoms with E-state index in [9.17, 15) is 4.79 Å². The molecule has 0 aromatic heterocycles. The Balaban J connectivity index is 0.00000392.